The zero-order valence-corrected chi connectivity index (χ0v) is 17.9. The Kier molecular flexibility index (Phi) is 7.65. The van der Waals surface area contributed by atoms with Crippen LogP contribution in [-0.2, 0) is 14.3 Å². The van der Waals surface area contributed by atoms with Gasteiger partial charge in [0, 0.05) is 11.7 Å². The molecule has 3 atom stereocenters. The highest BCUT2D eigenvalue weighted by atomic mass is 16.6. The van der Waals surface area contributed by atoms with Gasteiger partial charge in [-0.3, -0.25) is 10.1 Å². The molecule has 29 heavy (non-hydrogen) atoms. The van der Waals surface area contributed by atoms with Crippen molar-refractivity contribution in [1.82, 2.24) is 5.32 Å². The van der Waals surface area contributed by atoms with Crippen LogP contribution >= 0.6 is 0 Å². The third-order valence-electron chi connectivity index (χ3n) is 4.86. The number of amides is 2. The Morgan fingerprint density at radius 2 is 1.69 bits per heavy atom. The van der Waals surface area contributed by atoms with Crippen molar-refractivity contribution in [2.24, 2.45) is 5.92 Å². The van der Waals surface area contributed by atoms with Crippen LogP contribution in [0.1, 0.15) is 70.7 Å². The van der Waals surface area contributed by atoms with Gasteiger partial charge in [0.25, 0.3) is 5.91 Å². The molecule has 0 bridgehead atoms. The fourth-order valence-corrected chi connectivity index (χ4v) is 3.22. The van der Waals surface area contributed by atoms with Crippen LogP contribution < -0.4 is 10.6 Å². The first kappa shape index (κ1) is 22.7. The van der Waals surface area contributed by atoms with Gasteiger partial charge in [-0.2, -0.15) is 0 Å². The second-order valence-corrected chi connectivity index (χ2v) is 8.63. The molecule has 1 fully saturated rings. The van der Waals surface area contributed by atoms with E-state index in [9.17, 15) is 14.4 Å². The number of carbonyl (C=O) groups is 3. The molecule has 1 aromatic carbocycles. The third-order valence-corrected chi connectivity index (χ3v) is 4.86. The molecule has 2 rings (SSSR count). The average molecular weight is 405 g/mol. The number of carbonyl (C=O) groups excluding carboxylic acids is 3. The molecule has 0 saturated heterocycles. The minimum Gasteiger partial charge on any atom is -0.449 e. The largest absolute Gasteiger partial charge is 0.449 e. The number of anilines is 1. The first-order chi connectivity index (χ1) is 13.5. The first-order valence-electron chi connectivity index (χ1n) is 10.2. The van der Waals surface area contributed by atoms with Crippen molar-refractivity contribution in [2.45, 2.75) is 78.0 Å². The SMILES string of the molecule is C[C@@H]1CCCC[C@H]1NC(=O)[C@@H](C)OC(=O)c1ccc(NC(=O)OC(C)(C)C)cc1. The summed E-state index contributed by atoms with van der Waals surface area (Å²) in [6, 6.07) is 6.35. The number of benzene rings is 1. The van der Waals surface area contributed by atoms with Crippen molar-refractivity contribution >= 4 is 23.7 Å². The molecular weight excluding hydrogens is 372 g/mol. The van der Waals surface area contributed by atoms with E-state index in [-0.39, 0.29) is 11.9 Å². The molecule has 0 heterocycles. The highest BCUT2D eigenvalue weighted by molar-refractivity contribution is 5.93. The fraction of sp³-hybridized carbons (Fsp3) is 0.591. The zero-order chi connectivity index (χ0) is 21.6. The summed E-state index contributed by atoms with van der Waals surface area (Å²) in [6.07, 6.45) is 2.90. The lowest BCUT2D eigenvalue weighted by atomic mass is 9.86. The number of esters is 1. The Morgan fingerprint density at radius 3 is 2.28 bits per heavy atom. The second kappa shape index (κ2) is 9.76. The molecular formula is C22H32N2O5. The van der Waals surface area contributed by atoms with Gasteiger partial charge in [-0.25, -0.2) is 9.59 Å². The summed E-state index contributed by atoms with van der Waals surface area (Å²) in [5.74, 6) is -0.436. The average Bonchev–Trinajstić information content (AvgIpc) is 2.62. The van der Waals surface area contributed by atoms with Gasteiger partial charge < -0.3 is 14.8 Å². The van der Waals surface area contributed by atoms with E-state index in [0.29, 0.717) is 17.2 Å². The van der Waals surface area contributed by atoms with E-state index < -0.39 is 23.8 Å². The maximum Gasteiger partial charge on any atom is 0.412 e. The standard InChI is InChI=1S/C22H32N2O5/c1-14-8-6-7-9-18(14)24-19(25)15(2)28-20(26)16-10-12-17(13-11-16)23-21(27)29-22(3,4)5/h10-15,18H,6-9H2,1-5H3,(H,23,27)(H,24,25)/t14-,15-,18-/m1/s1. The molecule has 2 amide bonds. The van der Waals surface area contributed by atoms with Crippen molar-refractivity contribution < 1.29 is 23.9 Å². The molecule has 0 unspecified atom stereocenters. The van der Waals surface area contributed by atoms with E-state index in [1.807, 2.05) is 0 Å². The molecule has 0 aliphatic heterocycles. The van der Waals surface area contributed by atoms with Crippen LogP contribution in [0.2, 0.25) is 0 Å². The van der Waals surface area contributed by atoms with Crippen LogP contribution in [0.5, 0.6) is 0 Å². The Hall–Kier alpha value is -2.57. The van der Waals surface area contributed by atoms with Crippen LogP contribution in [0.3, 0.4) is 0 Å². The Morgan fingerprint density at radius 1 is 1.07 bits per heavy atom. The molecule has 2 N–H and O–H groups in total. The molecule has 0 radical (unpaired) electrons. The topological polar surface area (TPSA) is 93.7 Å². The molecule has 1 saturated carbocycles. The molecule has 7 heteroatoms. The first-order valence-corrected chi connectivity index (χ1v) is 10.2. The number of hydrogen-bond acceptors (Lipinski definition) is 5. The van der Waals surface area contributed by atoms with Crippen LogP contribution in [0.15, 0.2) is 24.3 Å². The van der Waals surface area contributed by atoms with Crippen LogP contribution in [0.25, 0.3) is 0 Å². The predicted molar refractivity (Wildman–Crippen MR) is 111 cm³/mol. The highest BCUT2D eigenvalue weighted by Gasteiger charge is 2.26. The predicted octanol–water partition coefficient (Wildman–Crippen LogP) is 4.27. The summed E-state index contributed by atoms with van der Waals surface area (Å²) in [5.41, 5.74) is 0.193. The quantitative estimate of drug-likeness (QED) is 0.715. The minimum atomic E-state index is -0.879. The van der Waals surface area contributed by atoms with E-state index in [1.165, 1.54) is 18.6 Å². The lowest BCUT2D eigenvalue weighted by Gasteiger charge is -2.30. The van der Waals surface area contributed by atoms with Crippen LogP contribution in [0, 0.1) is 5.92 Å². The van der Waals surface area contributed by atoms with Gasteiger partial charge >= 0.3 is 12.1 Å². The van der Waals surface area contributed by atoms with Crippen molar-refractivity contribution in [1.29, 1.82) is 0 Å². The highest BCUT2D eigenvalue weighted by Crippen LogP contribution is 2.24. The van der Waals surface area contributed by atoms with Gasteiger partial charge in [-0.15, -0.1) is 0 Å². The van der Waals surface area contributed by atoms with E-state index in [1.54, 1.807) is 39.8 Å². The van der Waals surface area contributed by atoms with Gasteiger partial charge in [0.2, 0.25) is 0 Å². The summed E-state index contributed by atoms with van der Waals surface area (Å²) >= 11 is 0. The summed E-state index contributed by atoms with van der Waals surface area (Å²) in [4.78, 5) is 36.5. The van der Waals surface area contributed by atoms with Crippen LogP contribution in [0.4, 0.5) is 10.5 Å². The van der Waals surface area contributed by atoms with E-state index in [4.69, 9.17) is 9.47 Å². The summed E-state index contributed by atoms with van der Waals surface area (Å²) < 4.78 is 10.5. The zero-order valence-electron chi connectivity index (χ0n) is 17.9. The Labute approximate surface area is 172 Å². The van der Waals surface area contributed by atoms with Gasteiger partial charge in [-0.1, -0.05) is 19.8 Å². The normalized spacial score (nSPS) is 20.3. The van der Waals surface area contributed by atoms with Gasteiger partial charge in [0.05, 0.1) is 5.56 Å². The minimum absolute atomic E-state index is 0.135. The van der Waals surface area contributed by atoms with E-state index >= 15 is 0 Å². The molecule has 1 aliphatic carbocycles. The summed E-state index contributed by atoms with van der Waals surface area (Å²) in [7, 11) is 0. The van der Waals surface area contributed by atoms with Crippen molar-refractivity contribution in [3.8, 4) is 0 Å². The van der Waals surface area contributed by atoms with Crippen LogP contribution in [-0.4, -0.2) is 35.7 Å². The Balaban J connectivity index is 1.86. The monoisotopic (exact) mass is 404 g/mol. The number of hydrogen-bond donors (Lipinski definition) is 2. The van der Waals surface area contributed by atoms with Crippen molar-refractivity contribution in [3.63, 3.8) is 0 Å². The van der Waals surface area contributed by atoms with Gasteiger partial charge in [0.15, 0.2) is 6.10 Å². The van der Waals surface area contributed by atoms with E-state index in [2.05, 4.69) is 17.6 Å². The summed E-state index contributed by atoms with van der Waals surface area (Å²) in [6.45, 7) is 9.03. The molecule has 0 spiro atoms. The number of nitrogens with one attached hydrogen (secondary N) is 2. The smallest absolute Gasteiger partial charge is 0.412 e. The fourth-order valence-electron chi connectivity index (χ4n) is 3.22. The lowest BCUT2D eigenvalue weighted by molar-refractivity contribution is -0.130. The second-order valence-electron chi connectivity index (χ2n) is 8.63. The number of rotatable bonds is 5. The Bertz CT molecular complexity index is 724. The number of ether oxygens (including phenoxy) is 2. The lowest BCUT2D eigenvalue weighted by Crippen LogP contribution is -2.45. The van der Waals surface area contributed by atoms with Gasteiger partial charge in [0.1, 0.15) is 5.60 Å². The summed E-state index contributed by atoms with van der Waals surface area (Å²) in [5, 5.41) is 5.59. The van der Waals surface area contributed by atoms with Crippen molar-refractivity contribution in [2.75, 3.05) is 5.32 Å². The molecule has 1 aromatic rings. The maximum atomic E-state index is 12.4. The molecule has 160 valence electrons. The van der Waals surface area contributed by atoms with Gasteiger partial charge in [-0.05, 0) is 70.7 Å². The van der Waals surface area contributed by atoms with E-state index in [0.717, 1.165) is 19.3 Å². The molecule has 7 nitrogen and oxygen atoms in total. The third kappa shape index (κ3) is 7.40. The molecule has 1 aliphatic rings. The molecule has 0 aromatic heterocycles. The maximum absolute atomic E-state index is 12.4. The van der Waals surface area contributed by atoms with Crippen molar-refractivity contribution in [3.05, 3.63) is 29.8 Å².